The van der Waals surface area contributed by atoms with Gasteiger partial charge in [-0.15, -0.1) is 22.4 Å². The molecular formula is C8H10BI. The van der Waals surface area contributed by atoms with Crippen LogP contribution in [0.5, 0.6) is 0 Å². The molecule has 0 fully saturated rings. The van der Waals surface area contributed by atoms with Crippen molar-refractivity contribution in [1.82, 2.24) is 0 Å². The number of hydrogen-bond donors (Lipinski definition) is 0. The van der Waals surface area contributed by atoms with Crippen LogP contribution < -0.4 is 5.46 Å². The maximum absolute atomic E-state index is 2.42. The van der Waals surface area contributed by atoms with Crippen LogP contribution in [0, 0.1) is 6.92 Å². The number of benzene rings is 1. The highest BCUT2D eigenvalue weighted by Crippen LogP contribution is 1.98. The van der Waals surface area contributed by atoms with Gasteiger partial charge in [0.05, 0.1) is 0 Å². The van der Waals surface area contributed by atoms with E-state index in [1.54, 1.807) is 0 Å². The molecule has 2 heteroatoms. The maximum Gasteiger partial charge on any atom is 0.246 e. The lowest BCUT2D eigenvalue weighted by Gasteiger charge is -2.00. The molecule has 1 aromatic carbocycles. The summed E-state index contributed by atoms with van der Waals surface area (Å²) in [5.41, 5.74) is 2.77. The van der Waals surface area contributed by atoms with Gasteiger partial charge >= 0.3 is 0 Å². The first kappa shape index (κ1) is 8.11. The van der Waals surface area contributed by atoms with Gasteiger partial charge in [-0.3, -0.25) is 0 Å². The van der Waals surface area contributed by atoms with Gasteiger partial charge in [0.2, 0.25) is 4.57 Å². The molecule has 52 valence electrons. The fraction of sp³-hybridized carbons (Fsp3) is 0.250. The molecule has 0 aliphatic rings. The van der Waals surface area contributed by atoms with Crippen LogP contribution in [0.15, 0.2) is 24.3 Å². The Hall–Kier alpha value is 0.0149. The Balaban J connectivity index is 2.96. The molecule has 0 unspecified atom stereocenters. The van der Waals surface area contributed by atoms with Gasteiger partial charge in [-0.2, -0.15) is 0 Å². The Morgan fingerprint density at radius 2 is 2.10 bits per heavy atom. The molecule has 0 bridgehead atoms. The quantitative estimate of drug-likeness (QED) is 0.525. The van der Waals surface area contributed by atoms with Crippen LogP contribution in [-0.4, -0.2) is 4.57 Å². The highest BCUT2D eigenvalue weighted by molar-refractivity contribution is 14.1. The van der Waals surface area contributed by atoms with Gasteiger partial charge in [0.1, 0.15) is 0 Å². The molecule has 0 nitrogen and oxygen atoms in total. The van der Waals surface area contributed by atoms with Crippen molar-refractivity contribution in [2.45, 2.75) is 13.7 Å². The van der Waals surface area contributed by atoms with Crippen molar-refractivity contribution in [3.05, 3.63) is 29.8 Å². The van der Waals surface area contributed by atoms with Crippen LogP contribution in [-0.2, 0) is 0 Å². The van der Waals surface area contributed by atoms with Crippen LogP contribution >= 0.6 is 22.4 Å². The summed E-state index contributed by atoms with van der Waals surface area (Å²) in [4.78, 5) is 0. The topological polar surface area (TPSA) is 0 Å². The molecule has 1 rings (SSSR count). The Bertz CT molecular complexity index is 220. The second-order valence-electron chi connectivity index (χ2n) is 2.53. The van der Waals surface area contributed by atoms with E-state index < -0.39 is 0 Å². The number of aryl methyl sites for hydroxylation is 1. The lowest BCUT2D eigenvalue weighted by Crippen LogP contribution is -2.18. The number of rotatable bonds is 1. The molecule has 0 heterocycles. The van der Waals surface area contributed by atoms with Gasteiger partial charge in [0.15, 0.2) is 0 Å². The predicted molar refractivity (Wildman–Crippen MR) is 56.5 cm³/mol. The Morgan fingerprint density at radius 1 is 1.40 bits per heavy atom. The van der Waals surface area contributed by atoms with Crippen molar-refractivity contribution in [1.29, 1.82) is 0 Å². The summed E-state index contributed by atoms with van der Waals surface area (Å²) in [6.07, 6.45) is 0. The zero-order valence-electron chi connectivity index (χ0n) is 6.26. The van der Waals surface area contributed by atoms with Crippen LogP contribution in [0.25, 0.3) is 0 Å². The minimum Gasteiger partial charge on any atom is -0.143 e. The van der Waals surface area contributed by atoms with E-state index in [0.29, 0.717) is 4.57 Å². The average molecular weight is 244 g/mol. The molecule has 0 aromatic heterocycles. The lowest BCUT2D eigenvalue weighted by atomic mass is 9.73. The van der Waals surface area contributed by atoms with Crippen molar-refractivity contribution in [3.63, 3.8) is 0 Å². The first-order chi connectivity index (χ1) is 4.70. The van der Waals surface area contributed by atoms with E-state index in [0.717, 1.165) is 0 Å². The fourth-order valence-electron chi connectivity index (χ4n) is 0.918. The third kappa shape index (κ3) is 2.01. The van der Waals surface area contributed by atoms with E-state index in [2.05, 4.69) is 60.4 Å². The second-order valence-corrected chi connectivity index (χ2v) is 4.40. The first-order valence-electron chi connectivity index (χ1n) is 3.41. The lowest BCUT2D eigenvalue weighted by molar-refractivity contribution is 1.49. The van der Waals surface area contributed by atoms with E-state index in [9.17, 15) is 0 Å². The van der Waals surface area contributed by atoms with Gasteiger partial charge in [-0.25, -0.2) is 0 Å². The van der Waals surface area contributed by atoms with Crippen molar-refractivity contribution >= 4 is 32.4 Å². The van der Waals surface area contributed by atoms with Gasteiger partial charge < -0.3 is 0 Å². The average Bonchev–Trinajstić information content (AvgIpc) is 1.88. The number of halogens is 1. The zero-order chi connectivity index (χ0) is 7.56. The summed E-state index contributed by atoms with van der Waals surface area (Å²) < 4.78 is 0.623. The van der Waals surface area contributed by atoms with Crippen molar-refractivity contribution < 1.29 is 0 Å². The maximum atomic E-state index is 2.42. The summed E-state index contributed by atoms with van der Waals surface area (Å²) in [6.45, 7) is 4.33. The molecule has 0 saturated carbocycles. The standard InChI is InChI=1S/C8H10BI/c1-7-4-3-5-8(6-7)9(2)10/h3-6H,1-2H3. The molecule has 0 radical (unpaired) electrons. The van der Waals surface area contributed by atoms with Crippen LogP contribution in [0.2, 0.25) is 6.82 Å². The van der Waals surface area contributed by atoms with Crippen molar-refractivity contribution in [2.75, 3.05) is 0 Å². The van der Waals surface area contributed by atoms with Crippen LogP contribution in [0.1, 0.15) is 5.56 Å². The summed E-state index contributed by atoms with van der Waals surface area (Å²) >= 11 is 2.42. The minimum atomic E-state index is 0.623. The highest BCUT2D eigenvalue weighted by atomic mass is 127. The molecule has 0 aliphatic carbocycles. The van der Waals surface area contributed by atoms with Gasteiger partial charge in [0.25, 0.3) is 0 Å². The van der Waals surface area contributed by atoms with Gasteiger partial charge in [-0.05, 0) is 6.92 Å². The second kappa shape index (κ2) is 3.42. The molecule has 0 saturated heterocycles. The predicted octanol–water partition coefficient (Wildman–Crippen LogP) is 2.26. The Labute approximate surface area is 76.0 Å². The smallest absolute Gasteiger partial charge is 0.143 e. The Kier molecular flexibility index (Phi) is 2.77. The molecule has 0 amide bonds. The number of hydrogen-bond acceptors (Lipinski definition) is 0. The SMILES string of the molecule is CB(I)c1cccc(C)c1. The highest BCUT2D eigenvalue weighted by Gasteiger charge is 2.02. The van der Waals surface area contributed by atoms with Crippen molar-refractivity contribution in [3.8, 4) is 0 Å². The normalized spacial score (nSPS) is 9.50. The molecule has 10 heavy (non-hydrogen) atoms. The first-order valence-corrected chi connectivity index (χ1v) is 4.65. The van der Waals surface area contributed by atoms with E-state index in [4.69, 9.17) is 0 Å². The van der Waals surface area contributed by atoms with E-state index in [1.807, 2.05) is 0 Å². The molecule has 1 aromatic rings. The minimum absolute atomic E-state index is 0.623. The molecule has 0 aliphatic heterocycles. The fourth-order valence-corrected chi connectivity index (χ4v) is 1.30. The molecular weight excluding hydrogens is 234 g/mol. The van der Waals surface area contributed by atoms with Crippen LogP contribution in [0.3, 0.4) is 0 Å². The largest absolute Gasteiger partial charge is 0.246 e. The molecule has 0 spiro atoms. The summed E-state index contributed by atoms with van der Waals surface area (Å²) in [5.74, 6) is 0. The van der Waals surface area contributed by atoms with Gasteiger partial charge in [0, 0.05) is 0 Å². The molecule has 0 atom stereocenters. The summed E-state index contributed by atoms with van der Waals surface area (Å²) in [6, 6.07) is 8.64. The molecule has 0 N–H and O–H groups in total. The monoisotopic (exact) mass is 244 g/mol. The third-order valence-corrected chi connectivity index (χ3v) is 2.22. The van der Waals surface area contributed by atoms with E-state index in [1.165, 1.54) is 11.0 Å². The summed E-state index contributed by atoms with van der Waals surface area (Å²) in [7, 11) is 0. The third-order valence-electron chi connectivity index (χ3n) is 1.50. The van der Waals surface area contributed by atoms with Crippen molar-refractivity contribution in [2.24, 2.45) is 0 Å². The van der Waals surface area contributed by atoms with E-state index >= 15 is 0 Å². The Morgan fingerprint density at radius 3 is 2.50 bits per heavy atom. The van der Waals surface area contributed by atoms with Crippen LogP contribution in [0.4, 0.5) is 0 Å². The zero-order valence-corrected chi connectivity index (χ0v) is 8.42. The summed E-state index contributed by atoms with van der Waals surface area (Å²) in [5, 5.41) is 0. The van der Waals surface area contributed by atoms with Gasteiger partial charge in [-0.1, -0.05) is 42.1 Å². The van der Waals surface area contributed by atoms with E-state index in [-0.39, 0.29) is 0 Å².